The first-order valence-electron chi connectivity index (χ1n) is 7.79. The zero-order chi connectivity index (χ0) is 17.3. The van der Waals surface area contributed by atoms with Crippen molar-refractivity contribution in [1.29, 1.82) is 0 Å². The number of benzene rings is 1. The number of nitrogens with zero attached hydrogens (tertiary/aromatic N) is 3. The minimum atomic E-state index is -0.436. The molecule has 7 heteroatoms. The number of fused-ring (bicyclic) bond motifs is 1. The molecule has 0 fully saturated rings. The van der Waals surface area contributed by atoms with Crippen molar-refractivity contribution in [2.75, 3.05) is 13.2 Å². The zero-order valence-electron chi connectivity index (χ0n) is 13.6. The topological polar surface area (TPSA) is 77.6 Å². The van der Waals surface area contributed by atoms with Crippen molar-refractivity contribution in [2.45, 2.75) is 26.4 Å². The third-order valence-corrected chi connectivity index (χ3v) is 4.39. The Morgan fingerprint density at radius 1 is 1.38 bits per heavy atom. The number of nitro benzene ring substituents is 1. The molecule has 1 aliphatic heterocycles. The lowest BCUT2D eigenvalue weighted by atomic mass is 10.1. The number of carbonyl (C=O) groups excluding carboxylic acids is 1. The first-order valence-corrected chi connectivity index (χ1v) is 7.79. The molecular weight excluding hydrogens is 310 g/mol. The molecule has 1 aromatic heterocycles. The molecule has 0 saturated heterocycles. The maximum Gasteiger partial charge on any atom is 0.272 e. The molecule has 0 radical (unpaired) electrons. The highest BCUT2D eigenvalue weighted by atomic mass is 16.6. The smallest absolute Gasteiger partial charge is 0.272 e. The fourth-order valence-electron chi connectivity index (χ4n) is 3.07. The largest absolute Gasteiger partial charge is 0.484 e. The van der Waals surface area contributed by atoms with Crippen LogP contribution in [0.5, 0.6) is 5.75 Å². The van der Waals surface area contributed by atoms with Crippen LogP contribution >= 0.6 is 0 Å². The van der Waals surface area contributed by atoms with E-state index in [1.54, 1.807) is 17.9 Å². The summed E-state index contributed by atoms with van der Waals surface area (Å²) in [6.07, 6.45) is 2.02. The average molecular weight is 329 g/mol. The van der Waals surface area contributed by atoms with Gasteiger partial charge >= 0.3 is 0 Å². The summed E-state index contributed by atoms with van der Waals surface area (Å²) >= 11 is 0. The van der Waals surface area contributed by atoms with Crippen LogP contribution in [0.15, 0.2) is 36.5 Å². The molecule has 0 aliphatic carbocycles. The number of hydrogen-bond donors (Lipinski definition) is 0. The minimum Gasteiger partial charge on any atom is -0.484 e. The normalized spacial score (nSPS) is 16.6. The summed E-state index contributed by atoms with van der Waals surface area (Å²) in [5.41, 5.74) is 1.66. The third-order valence-electron chi connectivity index (χ3n) is 4.39. The Kier molecular flexibility index (Phi) is 4.24. The lowest BCUT2D eigenvalue weighted by Gasteiger charge is -2.34. The number of amides is 1. The Bertz CT molecular complexity index is 784. The molecule has 0 N–H and O–H groups in total. The van der Waals surface area contributed by atoms with Gasteiger partial charge in [0.05, 0.1) is 11.0 Å². The molecule has 0 unspecified atom stereocenters. The molecule has 0 spiro atoms. The van der Waals surface area contributed by atoms with E-state index >= 15 is 0 Å². The maximum atomic E-state index is 12.5. The average Bonchev–Trinajstić information content (AvgIpc) is 3.02. The van der Waals surface area contributed by atoms with E-state index in [-0.39, 0.29) is 24.2 Å². The lowest BCUT2D eigenvalue weighted by molar-refractivity contribution is -0.385. The minimum absolute atomic E-state index is 0.00319. The second-order valence-corrected chi connectivity index (χ2v) is 5.88. The first-order chi connectivity index (χ1) is 11.5. The lowest BCUT2D eigenvalue weighted by Crippen LogP contribution is -2.42. The molecule has 7 nitrogen and oxygen atoms in total. The Morgan fingerprint density at radius 3 is 2.88 bits per heavy atom. The number of carbonyl (C=O) groups is 1. The molecule has 0 saturated carbocycles. The molecule has 3 rings (SSSR count). The van der Waals surface area contributed by atoms with Crippen molar-refractivity contribution in [2.24, 2.45) is 0 Å². The van der Waals surface area contributed by atoms with Gasteiger partial charge in [0, 0.05) is 36.6 Å². The van der Waals surface area contributed by atoms with Gasteiger partial charge in [-0.3, -0.25) is 14.9 Å². The van der Waals surface area contributed by atoms with Crippen LogP contribution in [0, 0.1) is 17.0 Å². The highest BCUT2D eigenvalue weighted by Crippen LogP contribution is 2.26. The second-order valence-electron chi connectivity index (χ2n) is 5.88. The first kappa shape index (κ1) is 16.0. The van der Waals surface area contributed by atoms with Crippen molar-refractivity contribution in [3.63, 3.8) is 0 Å². The van der Waals surface area contributed by atoms with E-state index in [2.05, 4.69) is 4.57 Å². The van der Waals surface area contributed by atoms with E-state index in [0.717, 1.165) is 12.2 Å². The van der Waals surface area contributed by atoms with E-state index in [1.165, 1.54) is 12.1 Å². The van der Waals surface area contributed by atoms with Crippen molar-refractivity contribution < 1.29 is 14.5 Å². The number of ether oxygens (including phenoxy) is 1. The second kappa shape index (κ2) is 6.35. The van der Waals surface area contributed by atoms with E-state index in [0.29, 0.717) is 17.9 Å². The van der Waals surface area contributed by atoms with Gasteiger partial charge in [0.2, 0.25) is 0 Å². The number of aromatic nitrogens is 1. The Balaban J connectivity index is 1.64. The van der Waals surface area contributed by atoms with Gasteiger partial charge in [-0.05, 0) is 38.1 Å². The highest BCUT2D eigenvalue weighted by molar-refractivity contribution is 5.78. The predicted octanol–water partition coefficient (Wildman–Crippen LogP) is 2.69. The van der Waals surface area contributed by atoms with Gasteiger partial charge in [-0.15, -0.1) is 0 Å². The summed E-state index contributed by atoms with van der Waals surface area (Å²) in [4.78, 5) is 24.6. The van der Waals surface area contributed by atoms with Crippen molar-refractivity contribution in [1.82, 2.24) is 9.47 Å². The molecule has 1 atom stereocenters. The monoisotopic (exact) mass is 329 g/mol. The number of aryl methyl sites for hydroxylation is 1. The van der Waals surface area contributed by atoms with Crippen LogP contribution < -0.4 is 4.74 Å². The van der Waals surface area contributed by atoms with E-state index < -0.39 is 4.92 Å². The van der Waals surface area contributed by atoms with Gasteiger partial charge in [0.15, 0.2) is 6.61 Å². The van der Waals surface area contributed by atoms with Crippen LogP contribution in [-0.4, -0.2) is 33.4 Å². The fourth-order valence-corrected chi connectivity index (χ4v) is 3.07. The van der Waals surface area contributed by atoms with E-state index in [4.69, 9.17) is 4.74 Å². The number of nitro groups is 1. The van der Waals surface area contributed by atoms with Crippen LogP contribution in [0.25, 0.3) is 0 Å². The highest BCUT2D eigenvalue weighted by Gasteiger charge is 2.27. The molecule has 2 aromatic rings. The maximum absolute atomic E-state index is 12.5. The molecular formula is C17H19N3O4. The van der Waals surface area contributed by atoms with Gasteiger partial charge in [-0.1, -0.05) is 0 Å². The van der Waals surface area contributed by atoms with E-state index in [9.17, 15) is 14.9 Å². The Hall–Kier alpha value is -2.83. The molecule has 24 heavy (non-hydrogen) atoms. The number of rotatable bonds is 4. The summed E-state index contributed by atoms with van der Waals surface area (Å²) in [5, 5.41) is 10.8. The van der Waals surface area contributed by atoms with Crippen molar-refractivity contribution >= 4 is 11.6 Å². The van der Waals surface area contributed by atoms with Crippen LogP contribution in [0.4, 0.5) is 5.69 Å². The molecule has 2 heterocycles. The van der Waals surface area contributed by atoms with Gasteiger partial charge in [0.1, 0.15) is 5.75 Å². The standard InChI is InChI=1S/C17H19N3O4/c1-12-10-14(5-6-15(12)20(22)23)24-11-17(21)19-9-8-18-7-3-4-16(18)13(19)2/h3-7,10,13H,8-9,11H2,1-2H3/t13-/m0/s1. The summed E-state index contributed by atoms with van der Waals surface area (Å²) in [6.45, 7) is 4.98. The van der Waals surface area contributed by atoms with Gasteiger partial charge < -0.3 is 14.2 Å². The molecule has 1 aliphatic rings. The van der Waals surface area contributed by atoms with Crippen molar-refractivity contribution in [3.05, 3.63) is 57.9 Å². The Morgan fingerprint density at radius 2 is 2.17 bits per heavy atom. The SMILES string of the molecule is Cc1cc(OCC(=O)N2CCn3cccc3[C@@H]2C)ccc1[N+](=O)[O-]. The van der Waals surface area contributed by atoms with Crippen LogP contribution in [-0.2, 0) is 11.3 Å². The fraction of sp³-hybridized carbons (Fsp3) is 0.353. The van der Waals surface area contributed by atoms with Crippen molar-refractivity contribution in [3.8, 4) is 5.75 Å². The Labute approximate surface area is 139 Å². The summed E-state index contributed by atoms with van der Waals surface area (Å²) in [5.74, 6) is 0.366. The molecule has 126 valence electrons. The third kappa shape index (κ3) is 2.97. The molecule has 1 aromatic carbocycles. The van der Waals surface area contributed by atoms with Gasteiger partial charge in [-0.2, -0.15) is 0 Å². The van der Waals surface area contributed by atoms with E-state index in [1.807, 2.05) is 25.3 Å². The van der Waals surface area contributed by atoms with Gasteiger partial charge in [0.25, 0.3) is 11.6 Å². The van der Waals surface area contributed by atoms with Crippen LogP contribution in [0.1, 0.15) is 24.2 Å². The molecule has 1 amide bonds. The van der Waals surface area contributed by atoms with Crippen LogP contribution in [0.3, 0.4) is 0 Å². The number of hydrogen-bond acceptors (Lipinski definition) is 4. The van der Waals surface area contributed by atoms with Crippen LogP contribution in [0.2, 0.25) is 0 Å². The quantitative estimate of drug-likeness (QED) is 0.638. The summed E-state index contributed by atoms with van der Waals surface area (Å²) < 4.78 is 7.68. The molecule has 0 bridgehead atoms. The predicted molar refractivity (Wildman–Crippen MR) is 87.9 cm³/mol. The summed E-state index contributed by atoms with van der Waals surface area (Å²) in [7, 11) is 0. The zero-order valence-corrected chi connectivity index (χ0v) is 13.6. The van der Waals surface area contributed by atoms with Gasteiger partial charge in [-0.25, -0.2) is 0 Å². The summed E-state index contributed by atoms with van der Waals surface area (Å²) in [6, 6.07) is 8.49.